The van der Waals surface area contributed by atoms with Crippen molar-refractivity contribution in [2.75, 3.05) is 5.32 Å². The van der Waals surface area contributed by atoms with E-state index in [1.165, 1.54) is 12.5 Å². The van der Waals surface area contributed by atoms with Gasteiger partial charge in [0.15, 0.2) is 0 Å². The van der Waals surface area contributed by atoms with E-state index < -0.39 is 0 Å². The summed E-state index contributed by atoms with van der Waals surface area (Å²) in [5.41, 5.74) is 1.87. The molecule has 3 rings (SSSR count). The minimum atomic E-state index is -0.245. The first-order chi connectivity index (χ1) is 11.6. The Balaban J connectivity index is 1.54. The van der Waals surface area contributed by atoms with E-state index in [1.807, 2.05) is 24.3 Å². The third kappa shape index (κ3) is 3.98. The number of anilines is 1. The average molecular weight is 323 g/mol. The average Bonchev–Trinajstić information content (AvgIpc) is 3.35. The lowest BCUT2D eigenvalue weighted by Gasteiger charge is -2.15. The summed E-state index contributed by atoms with van der Waals surface area (Å²) in [6.07, 6.45) is 4.34. The van der Waals surface area contributed by atoms with Gasteiger partial charge in [-0.3, -0.25) is 9.59 Å². The number of hydrogen-bond donors (Lipinski definition) is 2. The lowest BCUT2D eigenvalue weighted by atomic mass is 9.95. The summed E-state index contributed by atoms with van der Waals surface area (Å²) < 4.78 is 0. The quantitative estimate of drug-likeness (QED) is 0.858. The summed E-state index contributed by atoms with van der Waals surface area (Å²) >= 11 is 0. The van der Waals surface area contributed by atoms with E-state index in [4.69, 9.17) is 0 Å². The fraction of sp³-hybridized carbons (Fsp3) is 0.316. The minimum absolute atomic E-state index is 0.109. The third-order valence-electron chi connectivity index (χ3n) is 4.30. The molecule has 1 aromatic carbocycles. The van der Waals surface area contributed by atoms with Crippen LogP contribution in [0.2, 0.25) is 0 Å². The highest BCUT2D eigenvalue weighted by Crippen LogP contribution is 2.48. The largest absolute Gasteiger partial charge is 0.351 e. The van der Waals surface area contributed by atoms with Crippen molar-refractivity contribution >= 4 is 17.6 Å². The molecule has 0 atom stereocenters. The second-order valence-electron chi connectivity index (χ2n) is 6.36. The van der Waals surface area contributed by atoms with Gasteiger partial charge in [0.2, 0.25) is 11.8 Å². The van der Waals surface area contributed by atoms with E-state index in [-0.39, 0.29) is 17.2 Å². The molecule has 0 radical (unpaired) electrons. The SMILES string of the molecule is CC(=O)Nc1ccc(CNC(=O)C2(Cc3ccccc3)CC2)cn1. The van der Waals surface area contributed by atoms with Crippen LogP contribution in [0.4, 0.5) is 5.82 Å². The molecule has 24 heavy (non-hydrogen) atoms. The van der Waals surface area contributed by atoms with Crippen LogP contribution in [0.5, 0.6) is 0 Å². The predicted octanol–water partition coefficient (Wildman–Crippen LogP) is 2.68. The number of nitrogens with one attached hydrogen (secondary N) is 2. The summed E-state index contributed by atoms with van der Waals surface area (Å²) in [6.45, 7) is 1.89. The van der Waals surface area contributed by atoms with Gasteiger partial charge >= 0.3 is 0 Å². The van der Waals surface area contributed by atoms with Gasteiger partial charge in [0.05, 0.1) is 5.41 Å². The van der Waals surface area contributed by atoms with Crippen LogP contribution in [0.15, 0.2) is 48.7 Å². The van der Waals surface area contributed by atoms with E-state index in [2.05, 4.69) is 27.8 Å². The van der Waals surface area contributed by atoms with Crippen LogP contribution in [-0.4, -0.2) is 16.8 Å². The number of pyridine rings is 1. The van der Waals surface area contributed by atoms with E-state index >= 15 is 0 Å². The third-order valence-corrected chi connectivity index (χ3v) is 4.30. The number of amides is 2. The summed E-state index contributed by atoms with van der Waals surface area (Å²) in [5.74, 6) is 0.470. The van der Waals surface area contributed by atoms with Crippen molar-refractivity contribution in [3.63, 3.8) is 0 Å². The fourth-order valence-corrected chi connectivity index (χ4v) is 2.77. The topological polar surface area (TPSA) is 71.1 Å². The number of benzene rings is 1. The van der Waals surface area contributed by atoms with E-state index in [1.54, 1.807) is 12.3 Å². The summed E-state index contributed by atoms with van der Waals surface area (Å²) in [5, 5.41) is 5.64. The second-order valence-corrected chi connectivity index (χ2v) is 6.36. The van der Waals surface area contributed by atoms with Crippen molar-refractivity contribution in [2.45, 2.75) is 32.7 Å². The Morgan fingerprint density at radius 2 is 1.83 bits per heavy atom. The minimum Gasteiger partial charge on any atom is -0.351 e. The molecule has 0 saturated heterocycles. The van der Waals surface area contributed by atoms with E-state index in [9.17, 15) is 9.59 Å². The van der Waals surface area contributed by atoms with Gasteiger partial charge in [0.25, 0.3) is 0 Å². The molecule has 0 aliphatic heterocycles. The van der Waals surface area contributed by atoms with E-state index in [0.29, 0.717) is 12.4 Å². The molecule has 2 N–H and O–H groups in total. The van der Waals surface area contributed by atoms with Crippen molar-refractivity contribution < 1.29 is 9.59 Å². The zero-order chi connectivity index (χ0) is 17.0. The molecule has 5 heteroatoms. The Labute approximate surface area is 141 Å². The Hall–Kier alpha value is -2.69. The number of hydrogen-bond acceptors (Lipinski definition) is 3. The number of carbonyl (C=O) groups excluding carboxylic acids is 2. The lowest BCUT2D eigenvalue weighted by Crippen LogP contribution is -2.33. The maximum Gasteiger partial charge on any atom is 0.226 e. The highest BCUT2D eigenvalue weighted by molar-refractivity contribution is 5.87. The predicted molar refractivity (Wildman–Crippen MR) is 92.2 cm³/mol. The van der Waals surface area contributed by atoms with Crippen molar-refractivity contribution in [1.82, 2.24) is 10.3 Å². The van der Waals surface area contributed by atoms with Crippen LogP contribution in [0.3, 0.4) is 0 Å². The monoisotopic (exact) mass is 323 g/mol. The van der Waals surface area contributed by atoms with Gasteiger partial charge in [0.1, 0.15) is 5.82 Å². The van der Waals surface area contributed by atoms with E-state index in [0.717, 1.165) is 24.8 Å². The zero-order valence-electron chi connectivity index (χ0n) is 13.7. The molecule has 0 bridgehead atoms. The molecule has 124 valence electrons. The first kappa shape index (κ1) is 16.2. The Kier molecular flexibility index (Phi) is 4.60. The van der Waals surface area contributed by atoms with Crippen LogP contribution >= 0.6 is 0 Å². The van der Waals surface area contributed by atoms with Crippen LogP contribution in [0.25, 0.3) is 0 Å². The van der Waals surface area contributed by atoms with Crippen molar-refractivity contribution in [2.24, 2.45) is 5.41 Å². The fourth-order valence-electron chi connectivity index (χ4n) is 2.77. The molecule has 1 aromatic heterocycles. The van der Waals surface area contributed by atoms with Gasteiger partial charge in [-0.2, -0.15) is 0 Å². The zero-order valence-corrected chi connectivity index (χ0v) is 13.7. The van der Waals surface area contributed by atoms with Gasteiger partial charge in [0, 0.05) is 19.7 Å². The van der Waals surface area contributed by atoms with Gasteiger partial charge in [-0.25, -0.2) is 4.98 Å². The highest BCUT2D eigenvalue weighted by atomic mass is 16.2. The molecule has 1 saturated carbocycles. The molecular weight excluding hydrogens is 302 g/mol. The molecule has 5 nitrogen and oxygen atoms in total. The number of rotatable bonds is 6. The first-order valence-corrected chi connectivity index (χ1v) is 8.12. The maximum atomic E-state index is 12.5. The number of carbonyl (C=O) groups is 2. The molecule has 1 aliphatic rings. The molecule has 0 unspecified atom stereocenters. The van der Waals surface area contributed by atoms with Crippen molar-refractivity contribution in [3.8, 4) is 0 Å². The molecule has 1 heterocycles. The number of nitrogens with zero attached hydrogens (tertiary/aromatic N) is 1. The molecule has 1 aliphatic carbocycles. The van der Waals surface area contributed by atoms with Gasteiger partial charge < -0.3 is 10.6 Å². The summed E-state index contributed by atoms with van der Waals surface area (Å²) in [7, 11) is 0. The maximum absolute atomic E-state index is 12.5. The van der Waals surface area contributed by atoms with Crippen molar-refractivity contribution in [1.29, 1.82) is 0 Å². The van der Waals surface area contributed by atoms with Gasteiger partial charge in [-0.15, -0.1) is 0 Å². The molecule has 2 amide bonds. The summed E-state index contributed by atoms with van der Waals surface area (Å²) in [6, 6.07) is 13.7. The normalized spacial score (nSPS) is 14.7. The Bertz CT molecular complexity index is 722. The van der Waals surface area contributed by atoms with Gasteiger partial charge in [-0.05, 0) is 36.5 Å². The van der Waals surface area contributed by atoms with Crippen LogP contribution < -0.4 is 10.6 Å². The van der Waals surface area contributed by atoms with Crippen LogP contribution in [-0.2, 0) is 22.6 Å². The molecule has 2 aromatic rings. The van der Waals surface area contributed by atoms with Crippen LogP contribution in [0, 0.1) is 5.41 Å². The standard InChI is InChI=1S/C19H21N3O2/c1-14(23)22-17-8-7-16(12-20-17)13-21-18(24)19(9-10-19)11-15-5-3-2-4-6-15/h2-8,12H,9-11,13H2,1H3,(H,21,24)(H,20,22,23). The Morgan fingerprint density at radius 1 is 1.08 bits per heavy atom. The molecular formula is C19H21N3O2. The lowest BCUT2D eigenvalue weighted by molar-refractivity contribution is -0.126. The first-order valence-electron chi connectivity index (χ1n) is 8.12. The second kappa shape index (κ2) is 6.83. The Morgan fingerprint density at radius 3 is 2.42 bits per heavy atom. The molecule has 0 spiro atoms. The summed E-state index contributed by atoms with van der Waals surface area (Å²) in [4.78, 5) is 27.7. The van der Waals surface area contributed by atoms with Crippen LogP contribution in [0.1, 0.15) is 30.9 Å². The van der Waals surface area contributed by atoms with Gasteiger partial charge in [-0.1, -0.05) is 36.4 Å². The highest BCUT2D eigenvalue weighted by Gasteiger charge is 2.49. The number of aromatic nitrogens is 1. The van der Waals surface area contributed by atoms with Crippen molar-refractivity contribution in [3.05, 3.63) is 59.8 Å². The smallest absolute Gasteiger partial charge is 0.226 e. The molecule has 1 fully saturated rings.